The van der Waals surface area contributed by atoms with Crippen LogP contribution in [0.25, 0.3) is 0 Å². The van der Waals surface area contributed by atoms with E-state index in [1.165, 1.54) is 0 Å². The molecule has 0 amide bonds. The van der Waals surface area contributed by atoms with Crippen LogP contribution in [-0.4, -0.2) is 9.55 Å². The monoisotopic (exact) mass is 175 g/mol. The molecule has 5 heteroatoms. The molecule has 1 heterocycles. The fraction of sp³-hybridized carbons (Fsp3) is 0.571. The van der Waals surface area contributed by atoms with Crippen LogP contribution in [0.1, 0.15) is 23.8 Å². The normalized spacial score (nSPS) is 11.2. The maximum atomic E-state index is 12.4. The SMILES string of the molecule is Cc1nc(CN)n(C(F)F)c1C. The van der Waals surface area contributed by atoms with Gasteiger partial charge in [-0.2, -0.15) is 8.78 Å². The standard InChI is InChI=1S/C7H11F2N3/c1-4-5(2)12(7(8)9)6(3-10)11-4/h7H,3,10H2,1-2H3. The van der Waals surface area contributed by atoms with Crippen molar-refractivity contribution in [3.8, 4) is 0 Å². The summed E-state index contributed by atoms with van der Waals surface area (Å²) in [5.74, 6) is 0.236. The van der Waals surface area contributed by atoms with Crippen molar-refractivity contribution in [2.45, 2.75) is 26.9 Å². The van der Waals surface area contributed by atoms with Crippen molar-refractivity contribution >= 4 is 0 Å². The molecule has 0 aliphatic carbocycles. The summed E-state index contributed by atoms with van der Waals surface area (Å²) in [7, 11) is 0. The Morgan fingerprint density at radius 2 is 2.08 bits per heavy atom. The van der Waals surface area contributed by atoms with Gasteiger partial charge in [0.2, 0.25) is 0 Å². The Balaban J connectivity index is 3.21. The molecular weight excluding hydrogens is 164 g/mol. The average Bonchev–Trinajstić information content (AvgIpc) is 2.28. The quantitative estimate of drug-likeness (QED) is 0.737. The first kappa shape index (κ1) is 9.12. The molecule has 0 aliphatic heterocycles. The van der Waals surface area contributed by atoms with E-state index in [0.717, 1.165) is 4.57 Å². The number of alkyl halides is 2. The van der Waals surface area contributed by atoms with Gasteiger partial charge in [0.25, 0.3) is 0 Å². The molecule has 2 N–H and O–H groups in total. The number of nitrogens with two attached hydrogens (primary N) is 1. The molecule has 3 nitrogen and oxygen atoms in total. The summed E-state index contributed by atoms with van der Waals surface area (Å²) in [6.07, 6.45) is 0. The minimum Gasteiger partial charge on any atom is -0.324 e. The Hall–Kier alpha value is -0.970. The highest BCUT2D eigenvalue weighted by atomic mass is 19.3. The Morgan fingerprint density at radius 3 is 2.42 bits per heavy atom. The molecular formula is C7H11F2N3. The van der Waals surface area contributed by atoms with E-state index in [9.17, 15) is 8.78 Å². The number of hydrogen-bond donors (Lipinski definition) is 1. The van der Waals surface area contributed by atoms with Crippen LogP contribution in [-0.2, 0) is 6.54 Å². The molecule has 0 aliphatic rings. The van der Waals surface area contributed by atoms with Gasteiger partial charge < -0.3 is 5.73 Å². The molecule has 1 aromatic heterocycles. The second-order valence-electron chi connectivity index (χ2n) is 2.55. The second kappa shape index (κ2) is 3.18. The number of imidazole rings is 1. The molecule has 0 fully saturated rings. The average molecular weight is 175 g/mol. The lowest BCUT2D eigenvalue weighted by molar-refractivity contribution is 0.0650. The van der Waals surface area contributed by atoms with Crippen LogP contribution in [0, 0.1) is 13.8 Å². The van der Waals surface area contributed by atoms with E-state index in [2.05, 4.69) is 4.98 Å². The van der Waals surface area contributed by atoms with Gasteiger partial charge >= 0.3 is 6.55 Å². The first-order valence-corrected chi connectivity index (χ1v) is 3.60. The van der Waals surface area contributed by atoms with Gasteiger partial charge in [0.05, 0.1) is 12.2 Å². The van der Waals surface area contributed by atoms with Crippen LogP contribution in [0.4, 0.5) is 8.78 Å². The van der Waals surface area contributed by atoms with Crippen LogP contribution >= 0.6 is 0 Å². The number of aromatic nitrogens is 2. The molecule has 0 bridgehead atoms. The van der Waals surface area contributed by atoms with Crippen LogP contribution in [0.15, 0.2) is 0 Å². The van der Waals surface area contributed by atoms with E-state index in [1.807, 2.05) is 0 Å². The molecule has 12 heavy (non-hydrogen) atoms. The zero-order valence-electron chi connectivity index (χ0n) is 7.01. The third-order valence-corrected chi connectivity index (χ3v) is 1.84. The Labute approximate surface area is 69.2 Å². The van der Waals surface area contributed by atoms with E-state index in [4.69, 9.17) is 5.73 Å². The first-order chi connectivity index (χ1) is 5.57. The molecule has 1 aromatic rings. The fourth-order valence-corrected chi connectivity index (χ4v) is 1.10. The number of hydrogen-bond acceptors (Lipinski definition) is 2. The zero-order chi connectivity index (χ0) is 9.30. The fourth-order valence-electron chi connectivity index (χ4n) is 1.10. The third-order valence-electron chi connectivity index (χ3n) is 1.84. The van der Waals surface area contributed by atoms with Gasteiger partial charge in [-0.25, -0.2) is 4.98 Å². The molecule has 0 spiro atoms. The Morgan fingerprint density at radius 1 is 1.50 bits per heavy atom. The molecule has 0 unspecified atom stereocenters. The van der Waals surface area contributed by atoms with E-state index in [1.54, 1.807) is 13.8 Å². The van der Waals surface area contributed by atoms with Gasteiger partial charge in [0, 0.05) is 5.69 Å². The number of rotatable bonds is 2. The maximum absolute atomic E-state index is 12.4. The minimum absolute atomic E-state index is 0.0407. The summed E-state index contributed by atoms with van der Waals surface area (Å²) in [4.78, 5) is 3.91. The highest BCUT2D eigenvalue weighted by Crippen LogP contribution is 2.18. The lowest BCUT2D eigenvalue weighted by atomic mass is 10.4. The Bertz CT molecular complexity index is 280. The van der Waals surface area contributed by atoms with Crippen molar-refractivity contribution < 1.29 is 8.78 Å². The summed E-state index contributed by atoms with van der Waals surface area (Å²) >= 11 is 0. The van der Waals surface area contributed by atoms with Gasteiger partial charge in [-0.3, -0.25) is 4.57 Å². The van der Waals surface area contributed by atoms with Crippen LogP contribution in [0.5, 0.6) is 0 Å². The van der Waals surface area contributed by atoms with E-state index in [0.29, 0.717) is 11.4 Å². The minimum atomic E-state index is -2.55. The van der Waals surface area contributed by atoms with E-state index in [-0.39, 0.29) is 12.4 Å². The van der Waals surface area contributed by atoms with Crippen molar-refractivity contribution in [2.24, 2.45) is 5.73 Å². The molecule has 0 radical (unpaired) electrons. The van der Waals surface area contributed by atoms with E-state index >= 15 is 0 Å². The highest BCUT2D eigenvalue weighted by Gasteiger charge is 2.16. The topological polar surface area (TPSA) is 43.8 Å². The van der Waals surface area contributed by atoms with Gasteiger partial charge in [0.15, 0.2) is 0 Å². The summed E-state index contributed by atoms with van der Waals surface area (Å²) < 4.78 is 25.6. The van der Waals surface area contributed by atoms with Gasteiger partial charge in [-0.15, -0.1) is 0 Å². The van der Waals surface area contributed by atoms with Crippen LogP contribution in [0.3, 0.4) is 0 Å². The molecule has 68 valence electrons. The lowest BCUT2D eigenvalue weighted by Gasteiger charge is -2.06. The number of nitrogens with zero attached hydrogens (tertiary/aromatic N) is 2. The predicted octanol–water partition coefficient (Wildman–Crippen LogP) is 1.35. The molecule has 0 aromatic carbocycles. The van der Waals surface area contributed by atoms with Crippen molar-refractivity contribution in [1.29, 1.82) is 0 Å². The number of halogens is 2. The second-order valence-corrected chi connectivity index (χ2v) is 2.55. The highest BCUT2D eigenvalue weighted by molar-refractivity contribution is 5.14. The molecule has 1 rings (SSSR count). The van der Waals surface area contributed by atoms with Gasteiger partial charge in [-0.05, 0) is 13.8 Å². The molecule has 0 saturated carbocycles. The zero-order valence-corrected chi connectivity index (χ0v) is 7.01. The maximum Gasteiger partial charge on any atom is 0.320 e. The summed E-state index contributed by atoms with van der Waals surface area (Å²) in [5, 5.41) is 0. The third kappa shape index (κ3) is 1.32. The van der Waals surface area contributed by atoms with Crippen molar-refractivity contribution in [3.05, 3.63) is 17.2 Å². The Kier molecular flexibility index (Phi) is 2.42. The molecule has 0 atom stereocenters. The van der Waals surface area contributed by atoms with Crippen molar-refractivity contribution in [3.63, 3.8) is 0 Å². The number of aryl methyl sites for hydroxylation is 1. The molecule has 0 saturated heterocycles. The van der Waals surface area contributed by atoms with Crippen molar-refractivity contribution in [1.82, 2.24) is 9.55 Å². The smallest absolute Gasteiger partial charge is 0.320 e. The van der Waals surface area contributed by atoms with Gasteiger partial charge in [0.1, 0.15) is 5.82 Å². The van der Waals surface area contributed by atoms with Crippen molar-refractivity contribution in [2.75, 3.05) is 0 Å². The summed E-state index contributed by atoms with van der Waals surface area (Å²) in [6.45, 7) is 0.782. The summed E-state index contributed by atoms with van der Waals surface area (Å²) in [5.41, 5.74) is 6.34. The largest absolute Gasteiger partial charge is 0.324 e. The van der Waals surface area contributed by atoms with Gasteiger partial charge in [-0.1, -0.05) is 0 Å². The predicted molar refractivity (Wildman–Crippen MR) is 40.8 cm³/mol. The van der Waals surface area contributed by atoms with Crippen LogP contribution < -0.4 is 5.73 Å². The summed E-state index contributed by atoms with van der Waals surface area (Å²) in [6, 6.07) is 0. The lowest BCUT2D eigenvalue weighted by Crippen LogP contribution is -2.10. The van der Waals surface area contributed by atoms with Crippen LogP contribution in [0.2, 0.25) is 0 Å². The van der Waals surface area contributed by atoms with E-state index < -0.39 is 6.55 Å². The first-order valence-electron chi connectivity index (χ1n) is 3.60.